The van der Waals surface area contributed by atoms with Crippen LogP contribution in [-0.2, 0) is 10.8 Å². The van der Waals surface area contributed by atoms with Gasteiger partial charge >= 0.3 is 0 Å². The predicted octanol–water partition coefficient (Wildman–Crippen LogP) is 15.0. The number of fused-ring (bicyclic) bond motifs is 14. The minimum atomic E-state index is -0.145. The predicted molar refractivity (Wildman–Crippen MR) is 255 cm³/mol. The SMILES string of the molecule is CC1(C)c2ccccc2-c2ccc(-c3nc4ccc(-n5c6ccc7ccccc7c6c6c7ccccc7ccc65)cc4nc3-c3ccc4c(c3)C(C)(C)c3ccccc3-4)cc21. The van der Waals surface area contributed by atoms with Crippen molar-refractivity contribution >= 4 is 54.4 Å². The lowest BCUT2D eigenvalue weighted by Gasteiger charge is -2.23. The van der Waals surface area contributed by atoms with E-state index in [-0.39, 0.29) is 10.8 Å². The van der Waals surface area contributed by atoms with Gasteiger partial charge in [0, 0.05) is 38.4 Å². The maximum Gasteiger partial charge on any atom is 0.0973 e. The van der Waals surface area contributed by atoms with Crippen LogP contribution < -0.4 is 0 Å². The van der Waals surface area contributed by atoms with E-state index in [0.29, 0.717) is 0 Å². The highest BCUT2D eigenvalue weighted by atomic mass is 15.0. The van der Waals surface area contributed by atoms with Gasteiger partial charge in [0.05, 0.1) is 33.5 Å². The molecule has 9 aromatic carbocycles. The van der Waals surface area contributed by atoms with Crippen molar-refractivity contribution in [3.63, 3.8) is 0 Å². The maximum atomic E-state index is 5.67. The number of rotatable bonds is 3. The summed E-state index contributed by atoms with van der Waals surface area (Å²) in [4.78, 5) is 11.2. The Hall–Kier alpha value is -7.36. The second-order valence-corrected chi connectivity index (χ2v) is 18.2. The average Bonchev–Trinajstić information content (AvgIpc) is 3.85. The van der Waals surface area contributed by atoms with Crippen LogP contribution in [0.5, 0.6) is 0 Å². The molecule has 0 bridgehead atoms. The van der Waals surface area contributed by atoms with Crippen LogP contribution >= 0.6 is 0 Å². The zero-order valence-corrected chi connectivity index (χ0v) is 34.6. The standard InChI is InChI=1S/C58H41N3/c1-57(2)45-19-11-9-17-41(45)43-26-21-36(31-47(43)57)55-56(37-22-27-44-42-18-10-12-20-46(42)58(3,4)48(44)32-37)60-50-33-38(25-28-49(50)59-55)61-51-29-23-34-13-5-7-15-39(34)53(51)54-40-16-8-6-14-35(40)24-30-52(54)61/h5-33H,1-4H3. The van der Waals surface area contributed by atoms with Crippen LogP contribution in [0, 0.1) is 0 Å². The molecule has 288 valence electrons. The fourth-order valence-corrected chi connectivity index (χ4v) is 11.1. The second-order valence-electron chi connectivity index (χ2n) is 18.2. The van der Waals surface area contributed by atoms with Gasteiger partial charge in [-0.05, 0) is 109 Å². The molecule has 0 saturated carbocycles. The van der Waals surface area contributed by atoms with E-state index in [1.807, 2.05) is 0 Å². The minimum absolute atomic E-state index is 0.135. The van der Waals surface area contributed by atoms with Crippen molar-refractivity contribution in [2.75, 3.05) is 0 Å². The van der Waals surface area contributed by atoms with Crippen LogP contribution in [0.1, 0.15) is 49.9 Å². The van der Waals surface area contributed by atoms with E-state index < -0.39 is 0 Å². The zero-order valence-electron chi connectivity index (χ0n) is 34.6. The van der Waals surface area contributed by atoms with E-state index in [4.69, 9.17) is 9.97 Å². The third-order valence-electron chi connectivity index (χ3n) is 14.2. The summed E-state index contributed by atoms with van der Waals surface area (Å²) >= 11 is 0. The summed E-state index contributed by atoms with van der Waals surface area (Å²) in [6, 6.07) is 64.8. The van der Waals surface area contributed by atoms with E-state index in [1.54, 1.807) is 0 Å². The summed E-state index contributed by atoms with van der Waals surface area (Å²) in [6.07, 6.45) is 0. The molecule has 2 aliphatic rings. The van der Waals surface area contributed by atoms with E-state index in [9.17, 15) is 0 Å². The van der Waals surface area contributed by atoms with Crippen LogP contribution in [0.25, 0.3) is 105 Å². The molecule has 3 heteroatoms. The summed E-state index contributed by atoms with van der Waals surface area (Å²) in [5.41, 5.74) is 19.4. The van der Waals surface area contributed by atoms with E-state index in [0.717, 1.165) is 39.2 Å². The summed E-state index contributed by atoms with van der Waals surface area (Å²) < 4.78 is 2.42. The molecule has 0 atom stereocenters. The van der Waals surface area contributed by atoms with Gasteiger partial charge in [-0.1, -0.05) is 161 Å². The first-order chi connectivity index (χ1) is 29.8. The molecule has 2 aromatic heterocycles. The minimum Gasteiger partial charge on any atom is -0.309 e. The van der Waals surface area contributed by atoms with Gasteiger partial charge in [0.2, 0.25) is 0 Å². The van der Waals surface area contributed by atoms with Crippen LogP contribution in [-0.4, -0.2) is 14.5 Å². The number of nitrogens with zero attached hydrogens (tertiary/aromatic N) is 3. The monoisotopic (exact) mass is 779 g/mol. The Morgan fingerprint density at radius 1 is 0.377 bits per heavy atom. The topological polar surface area (TPSA) is 30.7 Å². The van der Waals surface area contributed by atoms with Crippen molar-refractivity contribution in [3.05, 3.63) is 198 Å². The lowest BCUT2D eigenvalue weighted by molar-refractivity contribution is 0.660. The largest absolute Gasteiger partial charge is 0.309 e. The molecule has 11 aromatic rings. The Kier molecular flexibility index (Phi) is 6.85. The smallest absolute Gasteiger partial charge is 0.0973 e. The van der Waals surface area contributed by atoms with E-state index >= 15 is 0 Å². The Morgan fingerprint density at radius 2 is 0.836 bits per heavy atom. The Balaban J connectivity index is 1.06. The molecule has 61 heavy (non-hydrogen) atoms. The van der Waals surface area contributed by atoms with Gasteiger partial charge in [0.15, 0.2) is 0 Å². The lowest BCUT2D eigenvalue weighted by Crippen LogP contribution is -2.15. The molecule has 0 unspecified atom stereocenters. The van der Waals surface area contributed by atoms with Crippen molar-refractivity contribution in [1.82, 2.24) is 14.5 Å². The number of hydrogen-bond acceptors (Lipinski definition) is 2. The molecule has 0 amide bonds. The molecule has 2 aliphatic carbocycles. The Bertz CT molecular complexity index is 3620. The van der Waals surface area contributed by atoms with Gasteiger partial charge < -0.3 is 4.57 Å². The van der Waals surface area contributed by atoms with Crippen LogP contribution in [0.15, 0.2) is 176 Å². The van der Waals surface area contributed by atoms with Gasteiger partial charge in [0.1, 0.15) is 0 Å². The fourth-order valence-electron chi connectivity index (χ4n) is 11.1. The Morgan fingerprint density at radius 3 is 1.38 bits per heavy atom. The highest BCUT2D eigenvalue weighted by molar-refractivity contribution is 6.28. The molecule has 2 heterocycles. The zero-order chi connectivity index (χ0) is 40.8. The molecule has 0 N–H and O–H groups in total. The summed E-state index contributed by atoms with van der Waals surface area (Å²) in [7, 11) is 0. The molecular formula is C58H41N3. The molecular weight excluding hydrogens is 739 g/mol. The maximum absolute atomic E-state index is 5.67. The highest BCUT2D eigenvalue weighted by Crippen LogP contribution is 2.52. The normalized spacial score (nSPS) is 14.5. The van der Waals surface area contributed by atoms with Crippen molar-refractivity contribution in [2.24, 2.45) is 0 Å². The molecule has 3 nitrogen and oxygen atoms in total. The molecule has 0 radical (unpaired) electrons. The first kappa shape index (κ1) is 34.5. The van der Waals surface area contributed by atoms with Gasteiger partial charge in [0.25, 0.3) is 0 Å². The average molecular weight is 780 g/mol. The molecule has 0 fully saturated rings. The highest BCUT2D eigenvalue weighted by Gasteiger charge is 2.37. The molecule has 0 saturated heterocycles. The summed E-state index contributed by atoms with van der Waals surface area (Å²) in [6.45, 7) is 9.38. The van der Waals surface area contributed by atoms with Crippen molar-refractivity contribution in [1.29, 1.82) is 0 Å². The van der Waals surface area contributed by atoms with Crippen LogP contribution in [0.3, 0.4) is 0 Å². The third-order valence-corrected chi connectivity index (χ3v) is 14.2. The fraction of sp³-hybridized carbons (Fsp3) is 0.103. The van der Waals surface area contributed by atoms with Crippen LogP contribution in [0.4, 0.5) is 0 Å². The first-order valence-corrected chi connectivity index (χ1v) is 21.4. The number of aromatic nitrogens is 3. The van der Waals surface area contributed by atoms with E-state index in [1.165, 1.54) is 87.9 Å². The van der Waals surface area contributed by atoms with E-state index in [2.05, 4.69) is 208 Å². The number of benzene rings is 9. The third kappa shape index (κ3) is 4.69. The number of hydrogen-bond donors (Lipinski definition) is 0. The van der Waals surface area contributed by atoms with Gasteiger partial charge in [-0.15, -0.1) is 0 Å². The lowest BCUT2D eigenvalue weighted by atomic mass is 9.81. The van der Waals surface area contributed by atoms with Crippen molar-refractivity contribution in [2.45, 2.75) is 38.5 Å². The Labute approximate surface area is 354 Å². The van der Waals surface area contributed by atoms with Gasteiger partial charge in [-0.2, -0.15) is 0 Å². The van der Waals surface area contributed by atoms with Crippen LogP contribution in [0.2, 0.25) is 0 Å². The molecule has 0 aliphatic heterocycles. The van der Waals surface area contributed by atoms with Crippen molar-refractivity contribution in [3.8, 4) is 50.5 Å². The van der Waals surface area contributed by atoms with Gasteiger partial charge in [-0.25, -0.2) is 9.97 Å². The molecule has 0 spiro atoms. The first-order valence-electron chi connectivity index (χ1n) is 21.4. The van der Waals surface area contributed by atoms with Crippen molar-refractivity contribution < 1.29 is 0 Å². The second kappa shape index (κ2) is 12.1. The van der Waals surface area contributed by atoms with Gasteiger partial charge in [-0.3, -0.25) is 0 Å². The summed E-state index contributed by atoms with van der Waals surface area (Å²) in [5, 5.41) is 7.54. The summed E-state index contributed by atoms with van der Waals surface area (Å²) in [5.74, 6) is 0. The molecule has 13 rings (SSSR count). The quantitative estimate of drug-likeness (QED) is 0.179.